The molecule has 4 rings (SSSR count). The van der Waals surface area contributed by atoms with Gasteiger partial charge < -0.3 is 10.1 Å². The first-order valence-electron chi connectivity index (χ1n) is 11.2. The van der Waals surface area contributed by atoms with Gasteiger partial charge in [-0.25, -0.2) is 9.78 Å². The van der Waals surface area contributed by atoms with Gasteiger partial charge in [-0.1, -0.05) is 41.9 Å². The van der Waals surface area contributed by atoms with Crippen molar-refractivity contribution in [3.8, 4) is 11.1 Å². The van der Waals surface area contributed by atoms with Crippen molar-refractivity contribution in [2.75, 3.05) is 11.9 Å². The Labute approximate surface area is 214 Å². The van der Waals surface area contributed by atoms with Crippen molar-refractivity contribution in [1.82, 2.24) is 9.55 Å². The predicted molar refractivity (Wildman–Crippen MR) is 142 cm³/mol. The van der Waals surface area contributed by atoms with E-state index in [1.165, 1.54) is 22.2 Å². The summed E-state index contributed by atoms with van der Waals surface area (Å²) in [6.45, 7) is 4.15. The molecule has 1 amide bonds. The number of thiophene rings is 1. The highest BCUT2D eigenvalue weighted by Crippen LogP contribution is 2.36. The highest BCUT2D eigenvalue weighted by molar-refractivity contribution is 9.10. The number of hydrogen-bond donors (Lipinski definition) is 1. The number of aryl methyl sites for hydroxylation is 1. The summed E-state index contributed by atoms with van der Waals surface area (Å²) >= 11 is 4.95. The van der Waals surface area contributed by atoms with Crippen LogP contribution in [0.5, 0.6) is 0 Å². The van der Waals surface area contributed by atoms with Gasteiger partial charge in [0, 0.05) is 20.6 Å². The number of anilines is 1. The molecule has 0 radical (unpaired) electrons. The van der Waals surface area contributed by atoms with Crippen LogP contribution < -0.4 is 10.9 Å². The minimum atomic E-state index is -0.403. The predicted octanol–water partition coefficient (Wildman–Crippen LogP) is 5.66. The van der Waals surface area contributed by atoms with Crippen LogP contribution in [0.2, 0.25) is 0 Å². The van der Waals surface area contributed by atoms with Gasteiger partial charge in [-0.05, 0) is 54.8 Å². The Bertz CT molecular complexity index is 1430. The van der Waals surface area contributed by atoms with Crippen LogP contribution in [0.4, 0.5) is 5.69 Å². The van der Waals surface area contributed by atoms with Crippen molar-refractivity contribution in [2.45, 2.75) is 33.2 Å². The van der Waals surface area contributed by atoms with Gasteiger partial charge in [0.05, 0.1) is 23.9 Å². The van der Waals surface area contributed by atoms with E-state index in [9.17, 15) is 14.4 Å². The highest BCUT2D eigenvalue weighted by Gasteiger charge is 2.19. The second-order valence-electron chi connectivity index (χ2n) is 7.88. The van der Waals surface area contributed by atoms with Crippen molar-refractivity contribution in [2.24, 2.45) is 0 Å². The van der Waals surface area contributed by atoms with Crippen molar-refractivity contribution >= 4 is 55.0 Å². The Morgan fingerprint density at radius 2 is 1.80 bits per heavy atom. The molecule has 35 heavy (non-hydrogen) atoms. The second-order valence-corrected chi connectivity index (χ2v) is 9.88. The van der Waals surface area contributed by atoms with E-state index < -0.39 is 5.97 Å². The maximum absolute atomic E-state index is 13.4. The minimum Gasteiger partial charge on any atom is -0.462 e. The number of carbonyl (C=O) groups excluding carboxylic acids is 2. The summed E-state index contributed by atoms with van der Waals surface area (Å²) in [4.78, 5) is 44.2. The van der Waals surface area contributed by atoms with Crippen LogP contribution in [0.15, 0.2) is 64.1 Å². The van der Waals surface area contributed by atoms with Crippen molar-refractivity contribution in [3.05, 3.63) is 80.1 Å². The average molecular weight is 554 g/mol. The Morgan fingerprint density at radius 3 is 2.46 bits per heavy atom. The lowest BCUT2D eigenvalue weighted by Crippen LogP contribution is -2.27. The Kier molecular flexibility index (Phi) is 7.77. The number of ether oxygens (including phenoxy) is 1. The van der Waals surface area contributed by atoms with E-state index in [4.69, 9.17) is 4.74 Å². The number of fused-ring (bicyclic) bond motifs is 1. The SMILES string of the molecule is CCCOC(=O)c1ccc(NC(=O)Cn2cnc3sc(CC)c(-c4ccc(Br)cc4)c3c2=O)cc1. The first-order valence-corrected chi connectivity index (χ1v) is 12.9. The van der Waals surface area contributed by atoms with Gasteiger partial charge in [-0.3, -0.25) is 14.2 Å². The molecular weight excluding hydrogens is 530 g/mol. The number of hydrogen-bond acceptors (Lipinski definition) is 6. The number of esters is 1. The first-order chi connectivity index (χ1) is 16.9. The van der Waals surface area contributed by atoms with Crippen molar-refractivity contribution < 1.29 is 14.3 Å². The molecule has 0 saturated heterocycles. The lowest BCUT2D eigenvalue weighted by Gasteiger charge is -2.09. The van der Waals surface area contributed by atoms with Gasteiger partial charge >= 0.3 is 5.97 Å². The normalized spacial score (nSPS) is 10.9. The van der Waals surface area contributed by atoms with Gasteiger partial charge in [0.15, 0.2) is 0 Å². The third-order valence-corrected chi connectivity index (χ3v) is 7.13. The van der Waals surface area contributed by atoms with Crippen LogP contribution in [0.1, 0.15) is 35.5 Å². The molecule has 4 aromatic rings. The summed E-state index contributed by atoms with van der Waals surface area (Å²) in [5.74, 6) is -0.773. The fourth-order valence-corrected chi connectivity index (χ4v) is 5.03. The number of amides is 1. The number of rotatable bonds is 8. The van der Waals surface area contributed by atoms with Gasteiger partial charge in [-0.15, -0.1) is 11.3 Å². The molecule has 0 unspecified atom stereocenters. The van der Waals surface area contributed by atoms with Crippen LogP contribution in [0, 0.1) is 0 Å². The Hall–Kier alpha value is -3.30. The molecule has 2 heterocycles. The number of aromatic nitrogens is 2. The summed E-state index contributed by atoms with van der Waals surface area (Å²) in [6.07, 6.45) is 2.93. The average Bonchev–Trinajstić information content (AvgIpc) is 3.24. The summed E-state index contributed by atoms with van der Waals surface area (Å²) in [5, 5.41) is 3.29. The maximum atomic E-state index is 13.4. The van der Waals surface area contributed by atoms with Gasteiger partial charge in [0.25, 0.3) is 5.56 Å². The zero-order chi connectivity index (χ0) is 24.9. The molecule has 2 aromatic carbocycles. The molecule has 0 bridgehead atoms. The van der Waals surface area contributed by atoms with Crippen LogP contribution in [-0.4, -0.2) is 28.0 Å². The second kappa shape index (κ2) is 11.0. The van der Waals surface area contributed by atoms with Crippen molar-refractivity contribution in [3.63, 3.8) is 0 Å². The minimum absolute atomic E-state index is 0.181. The maximum Gasteiger partial charge on any atom is 0.338 e. The molecule has 0 aliphatic carbocycles. The van der Waals surface area contributed by atoms with E-state index in [1.54, 1.807) is 24.3 Å². The summed E-state index contributed by atoms with van der Waals surface area (Å²) in [7, 11) is 0. The molecule has 9 heteroatoms. The number of nitrogens with zero attached hydrogens (tertiary/aromatic N) is 2. The van der Waals surface area contributed by atoms with Gasteiger partial charge in [-0.2, -0.15) is 0 Å². The molecule has 0 saturated carbocycles. The van der Waals surface area contributed by atoms with E-state index >= 15 is 0 Å². The largest absolute Gasteiger partial charge is 0.462 e. The van der Waals surface area contributed by atoms with E-state index in [2.05, 4.69) is 26.2 Å². The summed E-state index contributed by atoms with van der Waals surface area (Å²) < 4.78 is 7.39. The van der Waals surface area contributed by atoms with E-state index in [0.717, 1.165) is 33.3 Å². The van der Waals surface area contributed by atoms with Crippen LogP contribution in [-0.2, 0) is 22.5 Å². The molecule has 0 aliphatic rings. The van der Waals surface area contributed by atoms with E-state index in [0.29, 0.717) is 28.1 Å². The fraction of sp³-hybridized carbons (Fsp3) is 0.231. The lowest BCUT2D eigenvalue weighted by atomic mass is 10.0. The lowest BCUT2D eigenvalue weighted by molar-refractivity contribution is -0.116. The molecule has 1 N–H and O–H groups in total. The van der Waals surface area contributed by atoms with Crippen molar-refractivity contribution in [1.29, 1.82) is 0 Å². The molecule has 180 valence electrons. The molecular formula is C26H24BrN3O4S. The monoisotopic (exact) mass is 553 g/mol. The van der Waals surface area contributed by atoms with Crippen LogP contribution in [0.25, 0.3) is 21.3 Å². The summed E-state index contributed by atoms with van der Waals surface area (Å²) in [6, 6.07) is 14.3. The molecule has 7 nitrogen and oxygen atoms in total. The number of nitrogens with one attached hydrogen (secondary N) is 1. The molecule has 0 aliphatic heterocycles. The summed E-state index contributed by atoms with van der Waals surface area (Å²) in [5.41, 5.74) is 2.48. The smallest absolute Gasteiger partial charge is 0.338 e. The zero-order valence-electron chi connectivity index (χ0n) is 19.3. The van der Waals surface area contributed by atoms with E-state index in [1.807, 2.05) is 38.1 Å². The molecule has 0 fully saturated rings. The first kappa shape index (κ1) is 24.8. The standard InChI is InChI=1S/C26H24BrN3O4S/c1-3-13-34-26(33)17-7-11-19(12-8-17)29-21(31)14-30-15-28-24-23(25(30)32)22(20(4-2)35-24)16-5-9-18(27)10-6-16/h5-12,15H,3-4,13-14H2,1-2H3,(H,29,31). The highest BCUT2D eigenvalue weighted by atomic mass is 79.9. The molecule has 0 atom stereocenters. The third kappa shape index (κ3) is 5.52. The zero-order valence-corrected chi connectivity index (χ0v) is 21.7. The molecule has 0 spiro atoms. The van der Waals surface area contributed by atoms with Gasteiger partial charge in [0.1, 0.15) is 11.4 Å². The number of halogens is 1. The molecule has 2 aromatic heterocycles. The van der Waals surface area contributed by atoms with Gasteiger partial charge in [0.2, 0.25) is 5.91 Å². The Morgan fingerprint density at radius 1 is 1.09 bits per heavy atom. The fourth-order valence-electron chi connectivity index (χ4n) is 3.68. The Balaban J connectivity index is 1.57. The van der Waals surface area contributed by atoms with E-state index in [-0.39, 0.29) is 18.0 Å². The number of carbonyl (C=O) groups is 2. The topological polar surface area (TPSA) is 90.3 Å². The number of benzene rings is 2. The third-order valence-electron chi connectivity index (χ3n) is 5.36. The quantitative estimate of drug-likeness (QED) is 0.284. The van der Waals surface area contributed by atoms with Crippen LogP contribution in [0.3, 0.4) is 0 Å². The van der Waals surface area contributed by atoms with Crippen LogP contribution >= 0.6 is 27.3 Å².